The molecule has 0 aliphatic carbocycles. The number of nitrogens with zero attached hydrogens (tertiary/aromatic N) is 1. The minimum atomic E-state index is -0.640. The Balaban J connectivity index is 2.21. The number of aryl methyl sites for hydroxylation is 1. The summed E-state index contributed by atoms with van der Waals surface area (Å²) in [7, 11) is 1.54. The molecule has 0 aliphatic rings. The van der Waals surface area contributed by atoms with Gasteiger partial charge in [-0.3, -0.25) is 14.6 Å². The van der Waals surface area contributed by atoms with Crippen LogP contribution in [0.3, 0.4) is 0 Å². The average Bonchev–Trinajstić information content (AvgIpc) is 2.62. The molecule has 0 saturated heterocycles. The van der Waals surface area contributed by atoms with E-state index in [-0.39, 0.29) is 22.9 Å². The Kier molecular flexibility index (Phi) is 6.17. The van der Waals surface area contributed by atoms with Crippen molar-refractivity contribution in [2.75, 3.05) is 12.4 Å². The standard InChI is InChI=1S/C20H26N4O3/c1-12-6-7-13(24-19(26)17(21)20(2,3)4)10-16(12)27-14-8-9-23-15(11-14)18(25)22-5/h6-11,17H,21H2,1-5H3,(H,22,25)(H,24,26)/t17-/m1/s1. The Bertz CT molecular complexity index is 843. The third-order valence-corrected chi connectivity index (χ3v) is 4.09. The van der Waals surface area contributed by atoms with Gasteiger partial charge in [0.1, 0.15) is 17.2 Å². The first-order valence-corrected chi connectivity index (χ1v) is 8.65. The molecular weight excluding hydrogens is 344 g/mol. The van der Waals surface area contributed by atoms with E-state index in [1.165, 1.54) is 13.2 Å². The maximum Gasteiger partial charge on any atom is 0.269 e. The van der Waals surface area contributed by atoms with Crippen LogP contribution in [0.5, 0.6) is 11.5 Å². The van der Waals surface area contributed by atoms with Crippen LogP contribution in [0.25, 0.3) is 0 Å². The quantitative estimate of drug-likeness (QED) is 0.750. The van der Waals surface area contributed by atoms with E-state index >= 15 is 0 Å². The zero-order valence-electron chi connectivity index (χ0n) is 16.3. The van der Waals surface area contributed by atoms with Gasteiger partial charge in [0, 0.05) is 31.1 Å². The Labute approximate surface area is 159 Å². The van der Waals surface area contributed by atoms with Crippen molar-refractivity contribution in [2.24, 2.45) is 11.1 Å². The summed E-state index contributed by atoms with van der Waals surface area (Å²) >= 11 is 0. The van der Waals surface area contributed by atoms with Crippen LogP contribution in [0.1, 0.15) is 36.8 Å². The van der Waals surface area contributed by atoms with Gasteiger partial charge in [0.15, 0.2) is 0 Å². The van der Waals surface area contributed by atoms with E-state index in [2.05, 4.69) is 15.6 Å². The van der Waals surface area contributed by atoms with E-state index in [1.807, 2.05) is 33.8 Å². The smallest absolute Gasteiger partial charge is 0.269 e. The molecular formula is C20H26N4O3. The lowest BCUT2D eigenvalue weighted by Crippen LogP contribution is -2.45. The fourth-order valence-corrected chi connectivity index (χ4v) is 2.25. The van der Waals surface area contributed by atoms with E-state index in [0.29, 0.717) is 17.2 Å². The minimum Gasteiger partial charge on any atom is -0.457 e. The number of pyridine rings is 1. The maximum absolute atomic E-state index is 12.3. The van der Waals surface area contributed by atoms with Crippen LogP contribution in [0.15, 0.2) is 36.5 Å². The number of anilines is 1. The summed E-state index contributed by atoms with van der Waals surface area (Å²) in [6.07, 6.45) is 1.50. The molecule has 2 amide bonds. The predicted octanol–water partition coefficient (Wildman–Crippen LogP) is 2.85. The summed E-state index contributed by atoms with van der Waals surface area (Å²) in [5, 5.41) is 5.34. The zero-order valence-corrected chi connectivity index (χ0v) is 16.3. The molecule has 0 saturated carbocycles. The Morgan fingerprint density at radius 1 is 1.19 bits per heavy atom. The van der Waals surface area contributed by atoms with Gasteiger partial charge < -0.3 is 21.1 Å². The van der Waals surface area contributed by atoms with Crippen LogP contribution in [0, 0.1) is 12.3 Å². The lowest BCUT2D eigenvalue weighted by atomic mass is 9.87. The maximum atomic E-state index is 12.3. The molecule has 0 bridgehead atoms. The summed E-state index contributed by atoms with van der Waals surface area (Å²) in [4.78, 5) is 28.1. The van der Waals surface area contributed by atoms with Crippen molar-refractivity contribution in [1.82, 2.24) is 10.3 Å². The SMILES string of the molecule is CNC(=O)c1cc(Oc2cc(NC(=O)[C@@H](N)C(C)(C)C)ccc2C)ccn1. The summed E-state index contributed by atoms with van der Waals surface area (Å²) in [5.74, 6) is 0.477. The van der Waals surface area contributed by atoms with Crippen LogP contribution in [-0.4, -0.2) is 29.9 Å². The third kappa shape index (κ3) is 5.27. The first-order chi connectivity index (χ1) is 12.6. The fraction of sp³-hybridized carbons (Fsp3) is 0.350. The summed E-state index contributed by atoms with van der Waals surface area (Å²) in [6.45, 7) is 7.62. The van der Waals surface area contributed by atoms with Crippen molar-refractivity contribution in [2.45, 2.75) is 33.7 Å². The number of carbonyl (C=O) groups excluding carboxylic acids is 2. The summed E-state index contributed by atoms with van der Waals surface area (Å²) in [5.41, 5.74) is 7.38. The van der Waals surface area contributed by atoms with Crippen molar-refractivity contribution >= 4 is 17.5 Å². The van der Waals surface area contributed by atoms with Crippen LogP contribution in [0.4, 0.5) is 5.69 Å². The Morgan fingerprint density at radius 2 is 1.89 bits per heavy atom. The van der Waals surface area contributed by atoms with Crippen LogP contribution in [0.2, 0.25) is 0 Å². The van der Waals surface area contributed by atoms with Gasteiger partial charge in [-0.1, -0.05) is 26.8 Å². The fourth-order valence-electron chi connectivity index (χ4n) is 2.25. The first kappa shape index (κ1) is 20.4. The number of aromatic nitrogens is 1. The topological polar surface area (TPSA) is 106 Å². The molecule has 7 nitrogen and oxygen atoms in total. The second kappa shape index (κ2) is 8.18. The molecule has 1 aromatic heterocycles. The number of nitrogens with one attached hydrogen (secondary N) is 2. The third-order valence-electron chi connectivity index (χ3n) is 4.09. The predicted molar refractivity (Wildman–Crippen MR) is 105 cm³/mol. The highest BCUT2D eigenvalue weighted by molar-refractivity contribution is 5.95. The highest BCUT2D eigenvalue weighted by atomic mass is 16.5. The average molecular weight is 370 g/mol. The van der Waals surface area contributed by atoms with Crippen molar-refractivity contribution in [3.63, 3.8) is 0 Å². The molecule has 2 rings (SSSR count). The number of benzene rings is 1. The summed E-state index contributed by atoms with van der Waals surface area (Å²) in [6, 6.07) is 7.93. The van der Waals surface area contributed by atoms with Gasteiger partial charge in [0.25, 0.3) is 5.91 Å². The van der Waals surface area contributed by atoms with E-state index in [0.717, 1.165) is 5.56 Å². The summed E-state index contributed by atoms with van der Waals surface area (Å²) < 4.78 is 5.89. The molecule has 144 valence electrons. The lowest BCUT2D eigenvalue weighted by Gasteiger charge is -2.26. The Hall–Kier alpha value is -2.93. The van der Waals surface area contributed by atoms with Crippen molar-refractivity contribution in [3.05, 3.63) is 47.8 Å². The van der Waals surface area contributed by atoms with Gasteiger partial charge in [-0.05, 0) is 30.0 Å². The van der Waals surface area contributed by atoms with E-state index < -0.39 is 6.04 Å². The highest BCUT2D eigenvalue weighted by Crippen LogP contribution is 2.28. The number of amides is 2. The zero-order chi connectivity index (χ0) is 20.2. The number of hydrogen-bond acceptors (Lipinski definition) is 5. The van der Waals surface area contributed by atoms with E-state index in [1.54, 1.807) is 24.3 Å². The molecule has 0 fully saturated rings. The Morgan fingerprint density at radius 3 is 2.52 bits per heavy atom. The second-order valence-electron chi connectivity index (χ2n) is 7.37. The molecule has 1 aromatic carbocycles. The molecule has 4 N–H and O–H groups in total. The molecule has 1 heterocycles. The van der Waals surface area contributed by atoms with E-state index in [9.17, 15) is 9.59 Å². The molecule has 0 aliphatic heterocycles. The van der Waals surface area contributed by atoms with Gasteiger partial charge in [-0.2, -0.15) is 0 Å². The van der Waals surface area contributed by atoms with Crippen LogP contribution in [-0.2, 0) is 4.79 Å². The minimum absolute atomic E-state index is 0.258. The van der Waals surface area contributed by atoms with Crippen molar-refractivity contribution in [1.29, 1.82) is 0 Å². The number of ether oxygens (including phenoxy) is 1. The number of carbonyl (C=O) groups is 2. The molecule has 0 radical (unpaired) electrons. The number of hydrogen-bond donors (Lipinski definition) is 3. The molecule has 2 aromatic rings. The normalized spacial score (nSPS) is 12.2. The monoisotopic (exact) mass is 370 g/mol. The van der Waals surface area contributed by atoms with Gasteiger partial charge >= 0.3 is 0 Å². The lowest BCUT2D eigenvalue weighted by molar-refractivity contribution is -0.119. The van der Waals surface area contributed by atoms with Gasteiger partial charge in [-0.15, -0.1) is 0 Å². The molecule has 7 heteroatoms. The number of nitrogens with two attached hydrogens (primary N) is 1. The molecule has 1 atom stereocenters. The molecule has 0 unspecified atom stereocenters. The van der Waals surface area contributed by atoms with Gasteiger partial charge in [0.05, 0.1) is 6.04 Å². The second-order valence-corrected chi connectivity index (χ2v) is 7.37. The largest absolute Gasteiger partial charge is 0.457 e. The van der Waals surface area contributed by atoms with Crippen molar-refractivity contribution < 1.29 is 14.3 Å². The molecule has 0 spiro atoms. The van der Waals surface area contributed by atoms with Crippen LogP contribution >= 0.6 is 0 Å². The first-order valence-electron chi connectivity index (χ1n) is 8.65. The van der Waals surface area contributed by atoms with Gasteiger partial charge in [0.2, 0.25) is 5.91 Å². The molecule has 27 heavy (non-hydrogen) atoms. The number of rotatable bonds is 5. The van der Waals surface area contributed by atoms with Crippen molar-refractivity contribution in [3.8, 4) is 11.5 Å². The highest BCUT2D eigenvalue weighted by Gasteiger charge is 2.27. The van der Waals surface area contributed by atoms with E-state index in [4.69, 9.17) is 10.5 Å². The van der Waals surface area contributed by atoms with Gasteiger partial charge in [-0.25, -0.2) is 0 Å². The van der Waals surface area contributed by atoms with Crippen LogP contribution < -0.4 is 21.1 Å².